The molecule has 0 saturated carbocycles. The van der Waals surface area contributed by atoms with Crippen LogP contribution in [-0.2, 0) is 6.54 Å². The molecular formula is C16H15ClN2. The van der Waals surface area contributed by atoms with E-state index in [2.05, 4.69) is 18.3 Å². The average Bonchev–Trinajstić information content (AvgIpc) is 2.45. The van der Waals surface area contributed by atoms with Crippen molar-refractivity contribution in [2.75, 3.05) is 0 Å². The first-order valence-corrected chi connectivity index (χ1v) is 6.56. The third kappa shape index (κ3) is 3.35. The zero-order chi connectivity index (χ0) is 13.7. The monoisotopic (exact) mass is 270 g/mol. The van der Waals surface area contributed by atoms with Gasteiger partial charge in [-0.05, 0) is 30.2 Å². The minimum atomic E-state index is 0.139. The summed E-state index contributed by atoms with van der Waals surface area (Å²) < 4.78 is 0. The molecule has 0 saturated heterocycles. The summed E-state index contributed by atoms with van der Waals surface area (Å²) >= 11 is 6.17. The van der Waals surface area contributed by atoms with E-state index in [0.717, 1.165) is 16.1 Å². The van der Waals surface area contributed by atoms with Crippen molar-refractivity contribution in [1.29, 1.82) is 5.26 Å². The molecule has 96 valence electrons. The number of nitrogens with one attached hydrogen (secondary N) is 1. The molecule has 2 aromatic rings. The van der Waals surface area contributed by atoms with Gasteiger partial charge in [-0.15, -0.1) is 0 Å². The fourth-order valence-corrected chi connectivity index (χ4v) is 2.28. The molecule has 0 unspecified atom stereocenters. The third-order valence-corrected chi connectivity index (χ3v) is 3.45. The molecule has 0 amide bonds. The first kappa shape index (κ1) is 13.6. The molecule has 1 N–H and O–H groups in total. The first-order chi connectivity index (χ1) is 9.22. The van der Waals surface area contributed by atoms with Gasteiger partial charge in [0.2, 0.25) is 0 Å². The summed E-state index contributed by atoms with van der Waals surface area (Å²) in [7, 11) is 0. The van der Waals surface area contributed by atoms with Gasteiger partial charge in [0, 0.05) is 17.6 Å². The number of hydrogen-bond donors (Lipinski definition) is 1. The van der Waals surface area contributed by atoms with Crippen molar-refractivity contribution in [2.24, 2.45) is 0 Å². The van der Waals surface area contributed by atoms with Crippen LogP contribution >= 0.6 is 11.6 Å². The molecular weight excluding hydrogens is 256 g/mol. The maximum atomic E-state index is 9.05. The highest BCUT2D eigenvalue weighted by Crippen LogP contribution is 2.22. The molecule has 0 fully saturated rings. The fourth-order valence-electron chi connectivity index (χ4n) is 1.98. The molecule has 0 aliphatic carbocycles. The second-order valence-electron chi connectivity index (χ2n) is 4.39. The lowest BCUT2D eigenvalue weighted by atomic mass is 10.1. The minimum absolute atomic E-state index is 0.139. The van der Waals surface area contributed by atoms with Crippen molar-refractivity contribution < 1.29 is 0 Å². The number of benzene rings is 2. The van der Waals surface area contributed by atoms with Gasteiger partial charge in [-0.2, -0.15) is 5.26 Å². The summed E-state index contributed by atoms with van der Waals surface area (Å²) in [5.41, 5.74) is 2.78. The van der Waals surface area contributed by atoms with Crippen molar-refractivity contribution in [3.8, 4) is 6.07 Å². The maximum absolute atomic E-state index is 9.05. The SMILES string of the molecule is C[C@@H](NCc1ccccc1C#N)c1ccccc1Cl. The van der Waals surface area contributed by atoms with Crippen LogP contribution in [0.1, 0.15) is 29.7 Å². The van der Waals surface area contributed by atoms with E-state index in [4.69, 9.17) is 16.9 Å². The number of halogens is 1. The zero-order valence-corrected chi connectivity index (χ0v) is 11.5. The molecule has 2 rings (SSSR count). The van der Waals surface area contributed by atoms with Gasteiger partial charge in [0.05, 0.1) is 11.6 Å². The van der Waals surface area contributed by atoms with E-state index < -0.39 is 0 Å². The summed E-state index contributed by atoms with van der Waals surface area (Å²) in [6, 6.07) is 17.7. The van der Waals surface area contributed by atoms with E-state index in [-0.39, 0.29) is 6.04 Å². The van der Waals surface area contributed by atoms with Gasteiger partial charge < -0.3 is 5.32 Å². The van der Waals surface area contributed by atoms with E-state index >= 15 is 0 Å². The van der Waals surface area contributed by atoms with Gasteiger partial charge in [0.1, 0.15) is 0 Å². The average molecular weight is 271 g/mol. The number of nitrogens with zero attached hydrogens (tertiary/aromatic N) is 1. The zero-order valence-electron chi connectivity index (χ0n) is 10.7. The lowest BCUT2D eigenvalue weighted by Crippen LogP contribution is -2.19. The van der Waals surface area contributed by atoms with Crippen LogP contribution in [0, 0.1) is 11.3 Å². The Kier molecular flexibility index (Phi) is 4.57. The third-order valence-electron chi connectivity index (χ3n) is 3.11. The highest BCUT2D eigenvalue weighted by molar-refractivity contribution is 6.31. The molecule has 0 spiro atoms. The molecule has 0 bridgehead atoms. The first-order valence-electron chi connectivity index (χ1n) is 6.18. The largest absolute Gasteiger partial charge is 0.306 e. The second-order valence-corrected chi connectivity index (χ2v) is 4.80. The molecule has 19 heavy (non-hydrogen) atoms. The topological polar surface area (TPSA) is 35.8 Å². The van der Waals surface area contributed by atoms with E-state index in [9.17, 15) is 0 Å². The summed E-state index contributed by atoms with van der Waals surface area (Å²) in [4.78, 5) is 0. The summed E-state index contributed by atoms with van der Waals surface area (Å²) in [5, 5.41) is 13.2. The molecule has 0 heterocycles. The molecule has 2 aromatic carbocycles. The Hall–Kier alpha value is -1.82. The Bertz CT molecular complexity index is 602. The smallest absolute Gasteiger partial charge is 0.0995 e. The van der Waals surface area contributed by atoms with Crippen LogP contribution in [-0.4, -0.2) is 0 Å². The van der Waals surface area contributed by atoms with Crippen LogP contribution in [0.25, 0.3) is 0 Å². The molecule has 0 aromatic heterocycles. The molecule has 1 atom stereocenters. The van der Waals surface area contributed by atoms with Crippen molar-refractivity contribution in [3.05, 3.63) is 70.2 Å². The maximum Gasteiger partial charge on any atom is 0.0995 e. The molecule has 0 aliphatic heterocycles. The van der Waals surface area contributed by atoms with E-state index in [1.807, 2.05) is 48.5 Å². The van der Waals surface area contributed by atoms with Crippen LogP contribution < -0.4 is 5.32 Å². The van der Waals surface area contributed by atoms with Crippen LogP contribution in [0.5, 0.6) is 0 Å². The fraction of sp³-hybridized carbons (Fsp3) is 0.188. The van der Waals surface area contributed by atoms with Crippen molar-refractivity contribution in [2.45, 2.75) is 19.5 Å². The predicted molar refractivity (Wildman–Crippen MR) is 77.9 cm³/mol. The normalized spacial score (nSPS) is 11.8. The van der Waals surface area contributed by atoms with Crippen LogP contribution in [0.3, 0.4) is 0 Å². The predicted octanol–water partition coefficient (Wildman–Crippen LogP) is 4.06. The Morgan fingerprint density at radius 2 is 1.84 bits per heavy atom. The Balaban J connectivity index is 2.07. The number of nitriles is 1. The number of rotatable bonds is 4. The molecule has 3 heteroatoms. The highest BCUT2D eigenvalue weighted by Gasteiger charge is 2.09. The quantitative estimate of drug-likeness (QED) is 0.909. The Labute approximate surface area is 118 Å². The summed E-state index contributed by atoms with van der Waals surface area (Å²) in [6.45, 7) is 2.71. The van der Waals surface area contributed by atoms with Crippen LogP contribution in [0.4, 0.5) is 0 Å². The van der Waals surface area contributed by atoms with Gasteiger partial charge in [0.15, 0.2) is 0 Å². The van der Waals surface area contributed by atoms with E-state index in [0.29, 0.717) is 12.1 Å². The van der Waals surface area contributed by atoms with Crippen molar-refractivity contribution >= 4 is 11.6 Å². The van der Waals surface area contributed by atoms with Gasteiger partial charge in [-0.3, -0.25) is 0 Å². The van der Waals surface area contributed by atoms with Gasteiger partial charge in [-0.1, -0.05) is 48.0 Å². The highest BCUT2D eigenvalue weighted by atomic mass is 35.5. The van der Waals surface area contributed by atoms with Crippen LogP contribution in [0.15, 0.2) is 48.5 Å². The minimum Gasteiger partial charge on any atom is -0.306 e. The summed E-state index contributed by atoms with van der Waals surface area (Å²) in [5.74, 6) is 0. The van der Waals surface area contributed by atoms with E-state index in [1.54, 1.807) is 0 Å². The van der Waals surface area contributed by atoms with Gasteiger partial charge in [-0.25, -0.2) is 0 Å². The van der Waals surface area contributed by atoms with Crippen molar-refractivity contribution in [3.63, 3.8) is 0 Å². The lowest BCUT2D eigenvalue weighted by Gasteiger charge is -2.16. The lowest BCUT2D eigenvalue weighted by molar-refractivity contribution is 0.574. The Morgan fingerprint density at radius 1 is 1.16 bits per heavy atom. The molecule has 0 aliphatic rings. The van der Waals surface area contributed by atoms with E-state index in [1.165, 1.54) is 0 Å². The second kappa shape index (κ2) is 6.38. The van der Waals surface area contributed by atoms with Gasteiger partial charge in [0.25, 0.3) is 0 Å². The number of hydrogen-bond acceptors (Lipinski definition) is 2. The molecule has 0 radical (unpaired) electrons. The standard InChI is InChI=1S/C16H15ClN2/c1-12(15-8-4-5-9-16(15)17)19-11-14-7-3-2-6-13(14)10-18/h2-9,12,19H,11H2,1H3/t12-/m1/s1. The van der Waals surface area contributed by atoms with Crippen LogP contribution in [0.2, 0.25) is 5.02 Å². The van der Waals surface area contributed by atoms with Gasteiger partial charge >= 0.3 is 0 Å². The molecule has 2 nitrogen and oxygen atoms in total. The Morgan fingerprint density at radius 3 is 2.58 bits per heavy atom. The van der Waals surface area contributed by atoms with Crippen molar-refractivity contribution in [1.82, 2.24) is 5.32 Å². The summed E-state index contributed by atoms with van der Waals surface area (Å²) in [6.07, 6.45) is 0.